The Kier molecular flexibility index (Phi) is 11.9. The molecule has 0 aromatic rings. The molecule has 0 heterocycles. The molecule has 0 fully saturated rings. The van der Waals surface area contributed by atoms with Gasteiger partial charge in [0.2, 0.25) is 10.5 Å². The molecule has 0 aromatic carbocycles. The summed E-state index contributed by atoms with van der Waals surface area (Å²) < 4.78 is 0. The molecule has 0 spiro atoms. The minimum absolute atomic E-state index is 0.215. The molecule has 0 N–H and O–H groups in total. The van der Waals surface area contributed by atoms with Crippen LogP contribution in [0.5, 0.6) is 0 Å². The Balaban J connectivity index is 3.33. The van der Waals surface area contributed by atoms with Gasteiger partial charge in [0.15, 0.2) is 0 Å². The summed E-state index contributed by atoms with van der Waals surface area (Å²) in [6, 6.07) is 0. The van der Waals surface area contributed by atoms with Crippen LogP contribution in [0.1, 0.15) is 71.1 Å². The summed E-state index contributed by atoms with van der Waals surface area (Å²) in [7, 11) is 0. The van der Waals surface area contributed by atoms with Crippen LogP contribution in [0, 0.1) is 5.92 Å². The number of rotatable bonds is 12. The molecule has 18 heavy (non-hydrogen) atoms. The molecule has 2 nitrogen and oxygen atoms in total. The summed E-state index contributed by atoms with van der Waals surface area (Å²) >= 11 is 10.7. The molecular formula is C14H24Cl2O2. The molecule has 0 rings (SSSR count). The number of unbranched alkanes of at least 4 members (excludes halogenated alkanes) is 5. The third kappa shape index (κ3) is 12.4. The van der Waals surface area contributed by atoms with Crippen molar-refractivity contribution < 1.29 is 9.59 Å². The van der Waals surface area contributed by atoms with Crippen molar-refractivity contribution in [3.8, 4) is 0 Å². The zero-order chi connectivity index (χ0) is 13.8. The molecule has 0 aliphatic rings. The summed E-state index contributed by atoms with van der Waals surface area (Å²) in [6.45, 7) is 2.10. The normalized spacial score (nSPS) is 12.4. The second kappa shape index (κ2) is 12.0. The molecule has 0 aliphatic heterocycles. The van der Waals surface area contributed by atoms with Gasteiger partial charge in [-0.15, -0.1) is 0 Å². The predicted molar refractivity (Wildman–Crippen MR) is 77.1 cm³/mol. The summed E-state index contributed by atoms with van der Waals surface area (Å²) in [6.07, 6.45) is 9.82. The Morgan fingerprint density at radius 3 is 1.94 bits per heavy atom. The van der Waals surface area contributed by atoms with Crippen LogP contribution in [-0.4, -0.2) is 10.5 Å². The molecule has 0 aliphatic carbocycles. The molecule has 0 aromatic heterocycles. The van der Waals surface area contributed by atoms with Gasteiger partial charge in [-0.05, 0) is 42.0 Å². The van der Waals surface area contributed by atoms with Gasteiger partial charge in [0.1, 0.15) is 0 Å². The molecule has 1 atom stereocenters. The van der Waals surface area contributed by atoms with E-state index in [4.69, 9.17) is 23.2 Å². The van der Waals surface area contributed by atoms with E-state index in [-0.39, 0.29) is 10.5 Å². The lowest BCUT2D eigenvalue weighted by molar-refractivity contribution is -0.113. The zero-order valence-electron chi connectivity index (χ0n) is 11.2. The summed E-state index contributed by atoms with van der Waals surface area (Å²) in [5.74, 6) is 0.448. The van der Waals surface area contributed by atoms with Crippen molar-refractivity contribution in [1.29, 1.82) is 0 Å². The number of hydrogen-bond acceptors (Lipinski definition) is 2. The highest BCUT2D eigenvalue weighted by Crippen LogP contribution is 2.19. The SMILES string of the molecule is CCC(CCCCCCCCC(=O)Cl)CC(=O)Cl. The lowest BCUT2D eigenvalue weighted by Gasteiger charge is -2.11. The van der Waals surface area contributed by atoms with E-state index in [1.54, 1.807) is 0 Å². The Labute approximate surface area is 120 Å². The highest BCUT2D eigenvalue weighted by atomic mass is 35.5. The van der Waals surface area contributed by atoms with Crippen LogP contribution in [0.2, 0.25) is 0 Å². The van der Waals surface area contributed by atoms with Crippen LogP contribution in [0.15, 0.2) is 0 Å². The average Bonchev–Trinajstić information content (AvgIpc) is 2.30. The van der Waals surface area contributed by atoms with Gasteiger partial charge < -0.3 is 0 Å². The van der Waals surface area contributed by atoms with Crippen LogP contribution in [0.3, 0.4) is 0 Å². The lowest BCUT2D eigenvalue weighted by Crippen LogP contribution is -2.03. The van der Waals surface area contributed by atoms with E-state index in [1.807, 2.05) is 0 Å². The van der Waals surface area contributed by atoms with E-state index in [2.05, 4.69) is 6.92 Å². The molecule has 0 saturated heterocycles. The number of halogens is 2. The van der Waals surface area contributed by atoms with Crippen molar-refractivity contribution >= 4 is 33.7 Å². The Bertz CT molecular complexity index is 242. The Hall–Kier alpha value is -0.0800. The maximum atomic E-state index is 10.8. The topological polar surface area (TPSA) is 34.1 Å². The van der Waals surface area contributed by atoms with Crippen LogP contribution in [0.4, 0.5) is 0 Å². The number of carbonyl (C=O) groups is 2. The Morgan fingerprint density at radius 1 is 0.889 bits per heavy atom. The monoisotopic (exact) mass is 294 g/mol. The quantitative estimate of drug-likeness (QED) is 0.373. The second-order valence-electron chi connectivity index (χ2n) is 4.85. The highest BCUT2D eigenvalue weighted by Gasteiger charge is 2.09. The highest BCUT2D eigenvalue weighted by molar-refractivity contribution is 6.63. The maximum Gasteiger partial charge on any atom is 0.221 e. The summed E-state index contributed by atoms with van der Waals surface area (Å²) in [4.78, 5) is 21.3. The van der Waals surface area contributed by atoms with Gasteiger partial charge in [0.25, 0.3) is 0 Å². The fraction of sp³-hybridized carbons (Fsp3) is 0.857. The third-order valence-corrected chi connectivity index (χ3v) is 3.61. The lowest BCUT2D eigenvalue weighted by atomic mass is 9.95. The summed E-state index contributed by atoms with van der Waals surface area (Å²) in [5.41, 5.74) is 0. The first-order valence-corrected chi connectivity index (χ1v) is 7.68. The molecule has 4 heteroatoms. The van der Waals surface area contributed by atoms with Gasteiger partial charge in [-0.3, -0.25) is 9.59 Å². The molecule has 0 radical (unpaired) electrons. The fourth-order valence-corrected chi connectivity index (χ4v) is 2.43. The third-order valence-electron chi connectivity index (χ3n) is 3.26. The molecule has 0 bridgehead atoms. The molecule has 106 valence electrons. The van der Waals surface area contributed by atoms with E-state index in [0.717, 1.165) is 38.5 Å². The minimum atomic E-state index is -0.230. The molecule has 0 saturated carbocycles. The van der Waals surface area contributed by atoms with E-state index >= 15 is 0 Å². The van der Waals surface area contributed by atoms with Gasteiger partial charge in [-0.2, -0.15) is 0 Å². The van der Waals surface area contributed by atoms with E-state index in [1.165, 1.54) is 12.8 Å². The smallest absolute Gasteiger partial charge is 0.221 e. The van der Waals surface area contributed by atoms with E-state index in [9.17, 15) is 9.59 Å². The summed E-state index contributed by atoms with van der Waals surface area (Å²) in [5, 5.41) is -0.445. The van der Waals surface area contributed by atoms with Gasteiger partial charge in [-0.25, -0.2) is 0 Å². The average molecular weight is 295 g/mol. The van der Waals surface area contributed by atoms with Crippen molar-refractivity contribution in [3.63, 3.8) is 0 Å². The van der Waals surface area contributed by atoms with Crippen LogP contribution in [-0.2, 0) is 9.59 Å². The first-order chi connectivity index (χ1) is 8.56. The van der Waals surface area contributed by atoms with Crippen molar-refractivity contribution in [3.05, 3.63) is 0 Å². The van der Waals surface area contributed by atoms with Crippen molar-refractivity contribution in [2.24, 2.45) is 5.92 Å². The Morgan fingerprint density at radius 2 is 1.44 bits per heavy atom. The maximum absolute atomic E-state index is 10.8. The zero-order valence-corrected chi connectivity index (χ0v) is 12.7. The first kappa shape index (κ1) is 17.9. The van der Waals surface area contributed by atoms with Crippen LogP contribution in [0.25, 0.3) is 0 Å². The van der Waals surface area contributed by atoms with Gasteiger partial charge >= 0.3 is 0 Å². The first-order valence-electron chi connectivity index (χ1n) is 6.93. The van der Waals surface area contributed by atoms with Crippen LogP contribution < -0.4 is 0 Å². The van der Waals surface area contributed by atoms with E-state index in [0.29, 0.717) is 18.8 Å². The number of carbonyl (C=O) groups excluding carboxylic acids is 2. The fourth-order valence-electron chi connectivity index (χ4n) is 2.08. The molecule has 0 amide bonds. The molecule has 1 unspecified atom stereocenters. The van der Waals surface area contributed by atoms with Gasteiger partial charge in [0, 0.05) is 12.8 Å². The van der Waals surface area contributed by atoms with Gasteiger partial charge in [-0.1, -0.05) is 45.4 Å². The largest absolute Gasteiger partial charge is 0.281 e. The predicted octanol–water partition coefficient (Wildman–Crippen LogP) is 5.05. The molecular weight excluding hydrogens is 271 g/mol. The van der Waals surface area contributed by atoms with Crippen LogP contribution >= 0.6 is 23.2 Å². The second-order valence-corrected chi connectivity index (χ2v) is 5.69. The standard InChI is InChI=1S/C14H24Cl2O2/c1-2-12(11-14(16)18)9-7-5-3-4-6-8-10-13(15)17/h12H,2-11H2,1H3. The van der Waals surface area contributed by atoms with Crippen molar-refractivity contribution in [1.82, 2.24) is 0 Å². The van der Waals surface area contributed by atoms with Crippen molar-refractivity contribution in [2.45, 2.75) is 71.1 Å². The van der Waals surface area contributed by atoms with Gasteiger partial charge in [0.05, 0.1) is 0 Å². The van der Waals surface area contributed by atoms with E-state index < -0.39 is 0 Å². The number of hydrogen-bond donors (Lipinski definition) is 0. The minimum Gasteiger partial charge on any atom is -0.281 e. The van der Waals surface area contributed by atoms with Crippen molar-refractivity contribution in [2.75, 3.05) is 0 Å².